The van der Waals surface area contributed by atoms with Crippen molar-refractivity contribution in [3.63, 3.8) is 0 Å². The van der Waals surface area contributed by atoms with E-state index in [1.165, 1.54) is 16.8 Å². The number of hydrogen-bond donors (Lipinski definition) is 2. The summed E-state index contributed by atoms with van der Waals surface area (Å²) in [4.78, 5) is 3.19. The Hall–Kier alpha value is -2.96. The van der Waals surface area contributed by atoms with Crippen molar-refractivity contribution in [1.82, 2.24) is 4.90 Å². The van der Waals surface area contributed by atoms with Gasteiger partial charge in [-0.25, -0.2) is 0 Å². The summed E-state index contributed by atoms with van der Waals surface area (Å²) in [5, 5.41) is 7.76. The van der Waals surface area contributed by atoms with Crippen LogP contribution in [0.4, 0.5) is 11.4 Å². The van der Waals surface area contributed by atoms with Crippen molar-refractivity contribution in [3.8, 4) is 0 Å². The smallest absolute Gasteiger partial charge is 0.108 e. The van der Waals surface area contributed by atoms with Crippen molar-refractivity contribution in [2.45, 2.75) is 12.8 Å². The Balaban J connectivity index is 1.54. The van der Waals surface area contributed by atoms with E-state index >= 15 is 0 Å². The number of para-hydroxylation sites is 2. The number of hydrazone groups is 1. The van der Waals surface area contributed by atoms with Crippen LogP contribution in [0.15, 0.2) is 88.7 Å². The van der Waals surface area contributed by atoms with Gasteiger partial charge in [-0.1, -0.05) is 48.6 Å². The van der Waals surface area contributed by atoms with Crippen LogP contribution in [0.5, 0.6) is 0 Å². The van der Waals surface area contributed by atoms with Gasteiger partial charge in [-0.05, 0) is 48.8 Å². The van der Waals surface area contributed by atoms with Gasteiger partial charge in [0.25, 0.3) is 0 Å². The number of rotatable bonds is 6. The first-order valence-electron chi connectivity index (χ1n) is 10.3. The number of thiocarbonyl (C=S) groups is 1. The third kappa shape index (κ3) is 5.14. The zero-order valence-electron chi connectivity index (χ0n) is 16.9. The zero-order valence-corrected chi connectivity index (χ0v) is 17.7. The molecule has 2 aromatic rings. The monoisotopic (exact) mass is 418 g/mol. The Kier molecular flexibility index (Phi) is 6.90. The molecule has 6 heteroatoms. The summed E-state index contributed by atoms with van der Waals surface area (Å²) in [5.41, 5.74) is 8.75. The van der Waals surface area contributed by atoms with E-state index in [9.17, 15) is 0 Å². The van der Waals surface area contributed by atoms with Crippen molar-refractivity contribution in [3.05, 3.63) is 83.6 Å². The molecule has 1 aliphatic heterocycles. The average Bonchev–Trinajstić information content (AvgIpc) is 3.23. The quantitative estimate of drug-likeness (QED) is 0.400. The van der Waals surface area contributed by atoms with Gasteiger partial charge in [0.05, 0.1) is 18.9 Å². The van der Waals surface area contributed by atoms with Crippen LogP contribution in [0, 0.1) is 0 Å². The summed E-state index contributed by atoms with van der Waals surface area (Å²) < 4.78 is 5.56. The Bertz CT molecular complexity index is 948. The van der Waals surface area contributed by atoms with E-state index in [0.717, 1.165) is 55.5 Å². The van der Waals surface area contributed by atoms with Crippen LogP contribution < -0.4 is 10.7 Å². The molecule has 1 aliphatic carbocycles. The number of hydrogen-bond acceptors (Lipinski definition) is 5. The minimum Gasteiger partial charge on any atom is -0.378 e. The van der Waals surface area contributed by atoms with Crippen molar-refractivity contribution < 1.29 is 4.74 Å². The molecule has 2 aliphatic rings. The minimum absolute atomic E-state index is 0.743. The molecule has 5 nitrogen and oxygen atoms in total. The lowest BCUT2D eigenvalue weighted by atomic mass is 10.1. The first kappa shape index (κ1) is 20.3. The van der Waals surface area contributed by atoms with E-state index in [4.69, 9.17) is 17.0 Å². The SMILES string of the molecule is S=C(Nc1ccccc1)C1=C(N2CCOCC2)C(=CC=NNc2ccccc2)CC1. The Morgan fingerprint density at radius 3 is 2.30 bits per heavy atom. The molecule has 0 radical (unpaired) electrons. The fraction of sp³-hybridized carbons (Fsp3) is 0.250. The van der Waals surface area contributed by atoms with E-state index < -0.39 is 0 Å². The van der Waals surface area contributed by atoms with E-state index in [1.54, 1.807) is 0 Å². The number of benzene rings is 2. The zero-order chi connectivity index (χ0) is 20.6. The minimum atomic E-state index is 0.743. The summed E-state index contributed by atoms with van der Waals surface area (Å²) >= 11 is 5.79. The lowest BCUT2D eigenvalue weighted by Crippen LogP contribution is -2.36. The van der Waals surface area contributed by atoms with Gasteiger partial charge in [0.2, 0.25) is 0 Å². The maximum atomic E-state index is 5.79. The van der Waals surface area contributed by atoms with Gasteiger partial charge >= 0.3 is 0 Å². The lowest BCUT2D eigenvalue weighted by molar-refractivity contribution is 0.0548. The van der Waals surface area contributed by atoms with Gasteiger partial charge in [-0.2, -0.15) is 5.10 Å². The molecule has 2 N–H and O–H groups in total. The van der Waals surface area contributed by atoms with Crippen molar-refractivity contribution >= 4 is 34.8 Å². The molecule has 4 rings (SSSR count). The van der Waals surface area contributed by atoms with Crippen molar-refractivity contribution in [2.75, 3.05) is 37.0 Å². The van der Waals surface area contributed by atoms with Gasteiger partial charge in [0.1, 0.15) is 4.99 Å². The number of nitrogens with one attached hydrogen (secondary N) is 2. The van der Waals surface area contributed by atoms with Crippen LogP contribution in [0.3, 0.4) is 0 Å². The Labute approximate surface area is 183 Å². The van der Waals surface area contributed by atoms with E-state index in [0.29, 0.717) is 0 Å². The molecule has 0 atom stereocenters. The molecule has 0 spiro atoms. The summed E-state index contributed by atoms with van der Waals surface area (Å²) in [6.07, 6.45) is 5.81. The molecule has 1 heterocycles. The van der Waals surface area contributed by atoms with Crippen LogP contribution in [0.25, 0.3) is 0 Å². The van der Waals surface area contributed by atoms with Crippen molar-refractivity contribution in [1.29, 1.82) is 0 Å². The normalized spacial score (nSPS) is 18.3. The Morgan fingerprint density at radius 1 is 0.933 bits per heavy atom. The molecule has 2 aromatic carbocycles. The first-order valence-corrected chi connectivity index (χ1v) is 10.7. The van der Waals surface area contributed by atoms with E-state index in [2.05, 4.69) is 26.8 Å². The summed E-state index contributed by atoms with van der Waals surface area (Å²) in [5.74, 6) is 0. The summed E-state index contributed by atoms with van der Waals surface area (Å²) in [7, 11) is 0. The highest BCUT2D eigenvalue weighted by atomic mass is 32.1. The fourth-order valence-electron chi connectivity index (χ4n) is 3.73. The van der Waals surface area contributed by atoms with Gasteiger partial charge in [-0.3, -0.25) is 5.43 Å². The molecular formula is C24H26N4OS. The molecular weight excluding hydrogens is 392 g/mol. The third-order valence-corrected chi connectivity index (χ3v) is 5.53. The number of nitrogens with zero attached hydrogens (tertiary/aromatic N) is 2. The van der Waals surface area contributed by atoms with Gasteiger partial charge in [0.15, 0.2) is 0 Å². The molecule has 1 fully saturated rings. The van der Waals surface area contributed by atoms with Crippen molar-refractivity contribution in [2.24, 2.45) is 5.10 Å². The highest BCUT2D eigenvalue weighted by molar-refractivity contribution is 7.81. The van der Waals surface area contributed by atoms with Gasteiger partial charge < -0.3 is 15.0 Å². The highest BCUT2D eigenvalue weighted by Gasteiger charge is 2.28. The van der Waals surface area contributed by atoms with E-state index in [1.807, 2.05) is 66.9 Å². The van der Waals surface area contributed by atoms with Crippen LogP contribution in [-0.2, 0) is 4.74 Å². The number of morpholine rings is 1. The summed E-state index contributed by atoms with van der Waals surface area (Å²) in [6.45, 7) is 3.24. The third-order valence-electron chi connectivity index (χ3n) is 5.19. The number of ether oxygens (including phenoxy) is 1. The lowest BCUT2D eigenvalue weighted by Gasteiger charge is -2.31. The van der Waals surface area contributed by atoms with Crippen LogP contribution in [0.1, 0.15) is 12.8 Å². The summed E-state index contributed by atoms with van der Waals surface area (Å²) in [6, 6.07) is 20.0. The van der Waals surface area contributed by atoms with Gasteiger partial charge in [0, 0.05) is 36.3 Å². The van der Waals surface area contributed by atoms with Crippen LogP contribution in [-0.4, -0.2) is 42.4 Å². The molecule has 0 bridgehead atoms. The first-order chi connectivity index (χ1) is 14.8. The number of anilines is 2. The molecule has 0 amide bonds. The predicted octanol–water partition coefficient (Wildman–Crippen LogP) is 4.83. The highest BCUT2D eigenvalue weighted by Crippen LogP contribution is 2.35. The van der Waals surface area contributed by atoms with Gasteiger partial charge in [-0.15, -0.1) is 0 Å². The van der Waals surface area contributed by atoms with Crippen LogP contribution in [0.2, 0.25) is 0 Å². The topological polar surface area (TPSA) is 48.9 Å². The average molecular weight is 419 g/mol. The van der Waals surface area contributed by atoms with E-state index in [-0.39, 0.29) is 0 Å². The molecule has 154 valence electrons. The number of allylic oxidation sites excluding steroid dienone is 2. The molecule has 0 unspecified atom stereocenters. The fourth-order valence-corrected chi connectivity index (χ4v) is 4.05. The standard InChI is InChI=1S/C24H26N4OS/c30-24(26-20-7-3-1-4-8-20)22-12-11-19(23(22)28-15-17-29-18-16-28)13-14-25-27-21-9-5-2-6-10-21/h1-10,13-14,27H,11-12,15-18H2,(H,26,30). The largest absolute Gasteiger partial charge is 0.378 e. The maximum Gasteiger partial charge on any atom is 0.108 e. The Morgan fingerprint density at radius 2 is 1.60 bits per heavy atom. The second-order valence-electron chi connectivity index (χ2n) is 7.19. The molecule has 30 heavy (non-hydrogen) atoms. The maximum absolute atomic E-state index is 5.79. The second-order valence-corrected chi connectivity index (χ2v) is 7.60. The molecule has 0 aromatic heterocycles. The predicted molar refractivity (Wildman–Crippen MR) is 128 cm³/mol. The van der Waals surface area contributed by atoms with Crippen LogP contribution >= 0.6 is 12.2 Å². The molecule has 1 saturated heterocycles. The second kappa shape index (κ2) is 10.2. The molecule has 0 saturated carbocycles.